The Balaban J connectivity index is 1.38. The van der Waals surface area contributed by atoms with Gasteiger partial charge >= 0.3 is 0 Å². The van der Waals surface area contributed by atoms with E-state index >= 15 is 0 Å². The second-order valence-corrected chi connectivity index (χ2v) is 10.2. The first kappa shape index (κ1) is 19.7. The lowest BCUT2D eigenvalue weighted by Crippen LogP contribution is -2.42. The molecule has 2 amide bonds. The Morgan fingerprint density at radius 2 is 2.13 bits per heavy atom. The van der Waals surface area contributed by atoms with Gasteiger partial charge in [-0.1, -0.05) is 30.7 Å². The van der Waals surface area contributed by atoms with E-state index < -0.39 is 5.41 Å². The lowest BCUT2D eigenvalue weighted by molar-refractivity contribution is -0.137. The van der Waals surface area contributed by atoms with Crippen molar-refractivity contribution in [2.24, 2.45) is 11.3 Å². The van der Waals surface area contributed by atoms with Crippen LogP contribution in [0.2, 0.25) is 0 Å². The van der Waals surface area contributed by atoms with E-state index in [-0.39, 0.29) is 17.7 Å². The topological polar surface area (TPSA) is 53.5 Å². The molecule has 0 N–H and O–H groups in total. The van der Waals surface area contributed by atoms with E-state index in [1.165, 1.54) is 19.3 Å². The van der Waals surface area contributed by atoms with Crippen molar-refractivity contribution >= 4 is 23.2 Å². The van der Waals surface area contributed by atoms with Crippen molar-refractivity contribution in [1.82, 2.24) is 14.8 Å². The molecule has 5 rings (SSSR count). The Labute approximate surface area is 182 Å². The van der Waals surface area contributed by atoms with Crippen LogP contribution in [-0.2, 0) is 16.0 Å². The van der Waals surface area contributed by atoms with Crippen LogP contribution in [0.5, 0.6) is 0 Å². The highest BCUT2D eigenvalue weighted by Gasteiger charge is 2.58. The Morgan fingerprint density at radius 1 is 1.30 bits per heavy atom. The lowest BCUT2D eigenvalue weighted by Gasteiger charge is -2.32. The maximum Gasteiger partial charge on any atom is 0.231 e. The summed E-state index contributed by atoms with van der Waals surface area (Å²) >= 11 is 1.61. The van der Waals surface area contributed by atoms with Crippen molar-refractivity contribution in [3.63, 3.8) is 0 Å². The molecule has 1 saturated carbocycles. The molecule has 3 aliphatic rings. The van der Waals surface area contributed by atoms with Crippen molar-refractivity contribution in [3.8, 4) is 0 Å². The number of nitrogens with zero attached hydrogens (tertiary/aromatic N) is 3. The monoisotopic (exact) mass is 423 g/mol. The summed E-state index contributed by atoms with van der Waals surface area (Å²) in [6.45, 7) is 4.88. The van der Waals surface area contributed by atoms with Crippen LogP contribution in [0.4, 0.5) is 0 Å². The number of hydrogen-bond acceptors (Lipinski definition) is 4. The molecule has 3 heterocycles. The summed E-state index contributed by atoms with van der Waals surface area (Å²) in [6.07, 6.45) is 6.82. The number of carbonyl (C=O) groups excluding carboxylic acids is 2. The second kappa shape index (κ2) is 7.80. The Kier molecular flexibility index (Phi) is 5.13. The molecular formula is C24H29N3O2S. The van der Waals surface area contributed by atoms with Gasteiger partial charge in [0.2, 0.25) is 11.8 Å². The van der Waals surface area contributed by atoms with Gasteiger partial charge in [0.15, 0.2) is 0 Å². The summed E-state index contributed by atoms with van der Waals surface area (Å²) in [6, 6.07) is 8.06. The summed E-state index contributed by atoms with van der Waals surface area (Å²) in [5, 5.41) is 2.98. The number of amides is 2. The first-order chi connectivity index (χ1) is 14.6. The summed E-state index contributed by atoms with van der Waals surface area (Å²) in [4.78, 5) is 35.5. The van der Waals surface area contributed by atoms with Crippen LogP contribution in [0, 0.1) is 18.3 Å². The third-order valence-electron chi connectivity index (χ3n) is 7.49. The molecule has 2 saturated heterocycles. The Bertz CT molecular complexity index is 940. The molecule has 1 aromatic carbocycles. The van der Waals surface area contributed by atoms with Crippen molar-refractivity contribution in [1.29, 1.82) is 0 Å². The van der Waals surface area contributed by atoms with Crippen molar-refractivity contribution in [3.05, 3.63) is 52.0 Å². The summed E-state index contributed by atoms with van der Waals surface area (Å²) < 4.78 is 0. The van der Waals surface area contributed by atoms with E-state index in [0.29, 0.717) is 25.4 Å². The molecule has 1 spiro atoms. The van der Waals surface area contributed by atoms with E-state index in [1.54, 1.807) is 11.3 Å². The molecule has 3 fully saturated rings. The number of likely N-dealkylation sites (tertiary alicyclic amines) is 2. The second-order valence-electron chi connectivity index (χ2n) is 9.25. The number of hydrogen-bond donors (Lipinski definition) is 0. The average Bonchev–Trinajstić information content (AvgIpc) is 3.42. The third-order valence-corrected chi connectivity index (χ3v) is 8.38. The smallest absolute Gasteiger partial charge is 0.231 e. The molecule has 6 heteroatoms. The predicted octanol–water partition coefficient (Wildman–Crippen LogP) is 3.64. The van der Waals surface area contributed by atoms with Crippen molar-refractivity contribution in [2.75, 3.05) is 26.2 Å². The Morgan fingerprint density at radius 3 is 2.83 bits per heavy atom. The highest BCUT2D eigenvalue weighted by molar-refractivity contribution is 7.09. The number of rotatable bonds is 5. The van der Waals surface area contributed by atoms with Gasteiger partial charge < -0.3 is 9.80 Å². The number of carbonyl (C=O) groups is 2. The van der Waals surface area contributed by atoms with Crippen LogP contribution in [0.1, 0.15) is 47.7 Å². The summed E-state index contributed by atoms with van der Waals surface area (Å²) in [5.41, 5.74) is 1.71. The quantitative estimate of drug-likeness (QED) is 0.738. The van der Waals surface area contributed by atoms with Crippen LogP contribution >= 0.6 is 11.3 Å². The van der Waals surface area contributed by atoms with Crippen LogP contribution in [0.25, 0.3) is 0 Å². The zero-order valence-corrected chi connectivity index (χ0v) is 18.4. The van der Waals surface area contributed by atoms with Crippen LogP contribution in [-0.4, -0.2) is 52.8 Å². The van der Waals surface area contributed by atoms with Crippen LogP contribution in [0.3, 0.4) is 0 Å². The van der Waals surface area contributed by atoms with E-state index in [9.17, 15) is 9.59 Å². The number of benzene rings is 1. The Hall–Kier alpha value is -2.21. The number of aromatic nitrogens is 1. The fraction of sp³-hybridized carbons (Fsp3) is 0.542. The van der Waals surface area contributed by atoms with E-state index in [0.717, 1.165) is 35.6 Å². The highest BCUT2D eigenvalue weighted by Crippen LogP contribution is 2.50. The number of thiazole rings is 1. The molecule has 2 atom stereocenters. The first-order valence-corrected chi connectivity index (χ1v) is 12.0. The van der Waals surface area contributed by atoms with Gasteiger partial charge in [-0.3, -0.25) is 9.59 Å². The van der Waals surface area contributed by atoms with Gasteiger partial charge in [-0.15, -0.1) is 11.3 Å². The largest absolute Gasteiger partial charge is 0.342 e. The molecular weight excluding hydrogens is 394 g/mol. The predicted molar refractivity (Wildman–Crippen MR) is 117 cm³/mol. The molecule has 5 nitrogen and oxygen atoms in total. The van der Waals surface area contributed by atoms with Gasteiger partial charge in [-0.2, -0.15) is 0 Å². The fourth-order valence-corrected chi connectivity index (χ4v) is 6.24. The van der Waals surface area contributed by atoms with Crippen molar-refractivity contribution < 1.29 is 9.59 Å². The molecule has 0 radical (unpaired) electrons. The summed E-state index contributed by atoms with van der Waals surface area (Å²) in [7, 11) is 0. The molecule has 2 aliphatic heterocycles. The van der Waals surface area contributed by atoms with Gasteiger partial charge in [0.05, 0.1) is 16.8 Å². The van der Waals surface area contributed by atoms with Crippen LogP contribution < -0.4 is 0 Å². The van der Waals surface area contributed by atoms with E-state index in [2.05, 4.69) is 9.88 Å². The van der Waals surface area contributed by atoms with Gasteiger partial charge in [0.1, 0.15) is 0 Å². The molecule has 30 heavy (non-hydrogen) atoms. The third kappa shape index (κ3) is 3.35. The zero-order valence-electron chi connectivity index (χ0n) is 17.5. The maximum atomic E-state index is 13.7. The molecule has 1 aromatic heterocycles. The molecule has 2 aromatic rings. The average molecular weight is 424 g/mol. The minimum absolute atomic E-state index is 0.0113. The molecule has 0 unspecified atom stereocenters. The highest BCUT2D eigenvalue weighted by atomic mass is 32.1. The van der Waals surface area contributed by atoms with E-state index in [1.807, 2.05) is 47.7 Å². The maximum absolute atomic E-state index is 13.7. The lowest BCUT2D eigenvalue weighted by atomic mass is 9.76. The minimum Gasteiger partial charge on any atom is -0.342 e. The minimum atomic E-state index is -0.497. The SMILES string of the molecule is Cc1ccccc1CC(=O)N1C[C@H](c2nccs2)[C@@]2(CCN(CC3CCC3)C2=O)C1. The molecule has 1 aliphatic carbocycles. The number of aryl methyl sites for hydroxylation is 1. The van der Waals surface area contributed by atoms with Crippen molar-refractivity contribution in [2.45, 2.75) is 44.9 Å². The van der Waals surface area contributed by atoms with E-state index in [4.69, 9.17) is 0 Å². The van der Waals surface area contributed by atoms with Gasteiger partial charge in [0.25, 0.3) is 0 Å². The molecule has 158 valence electrons. The van der Waals surface area contributed by atoms with Gasteiger partial charge in [0, 0.05) is 43.7 Å². The van der Waals surface area contributed by atoms with Gasteiger partial charge in [-0.25, -0.2) is 4.98 Å². The van der Waals surface area contributed by atoms with Gasteiger partial charge in [-0.05, 0) is 43.2 Å². The normalized spacial score (nSPS) is 26.6. The molecule has 0 bridgehead atoms. The van der Waals surface area contributed by atoms with Crippen LogP contribution in [0.15, 0.2) is 35.8 Å². The first-order valence-electron chi connectivity index (χ1n) is 11.1. The zero-order chi connectivity index (χ0) is 20.7. The summed E-state index contributed by atoms with van der Waals surface area (Å²) in [5.74, 6) is 1.05. The standard InChI is InChI=1S/C24H29N3O2S/c1-17-5-2-3-8-19(17)13-21(28)27-15-20(22-25-10-12-30-22)24(16-27)9-11-26(23(24)29)14-18-6-4-7-18/h2-3,5,8,10,12,18,20H,4,6-7,9,11,13-16H2,1H3/t20-,24-/m1/s1. The fourth-order valence-electron chi connectivity index (χ4n) is 5.39.